The highest BCUT2D eigenvalue weighted by Gasteiger charge is 2.17. The van der Waals surface area contributed by atoms with Gasteiger partial charge in [0.2, 0.25) is 0 Å². The summed E-state index contributed by atoms with van der Waals surface area (Å²) < 4.78 is 2.39. The third-order valence-electron chi connectivity index (χ3n) is 13.8. The molecule has 0 unspecified atom stereocenters. The number of fused-ring (bicyclic) bond motifs is 7. The fraction of sp³-hybridized carbons (Fsp3) is 0. The fourth-order valence-electron chi connectivity index (χ4n) is 10.4. The first kappa shape index (κ1) is 39.4. The third-order valence-corrected chi connectivity index (χ3v) is 13.8. The zero-order chi connectivity index (χ0) is 45.0. The highest BCUT2D eigenvalue weighted by Crippen LogP contribution is 2.41. The predicted molar refractivity (Wildman–Crippen MR) is 290 cm³/mol. The topological polar surface area (TPSA) is 8.17 Å². The average Bonchev–Trinajstić information content (AvgIpc) is 3.75. The van der Waals surface area contributed by atoms with Crippen molar-refractivity contribution < 1.29 is 0 Å². The molecule has 0 aliphatic heterocycles. The monoisotopic (exact) mass is 864 g/mol. The van der Waals surface area contributed by atoms with Crippen molar-refractivity contribution >= 4 is 71.2 Å². The van der Waals surface area contributed by atoms with Gasteiger partial charge >= 0.3 is 0 Å². The Bertz CT molecular complexity index is 4000. The Morgan fingerprint density at radius 1 is 0.235 bits per heavy atom. The van der Waals surface area contributed by atoms with Gasteiger partial charge in [-0.2, -0.15) is 0 Å². The predicted octanol–water partition coefficient (Wildman–Crippen LogP) is 18.4. The summed E-state index contributed by atoms with van der Waals surface area (Å²) in [5.41, 5.74) is 16.3. The molecule has 0 amide bonds. The molecule has 318 valence electrons. The molecule has 2 heteroatoms. The van der Waals surface area contributed by atoms with E-state index in [1.54, 1.807) is 0 Å². The van der Waals surface area contributed by atoms with Crippen LogP contribution in [0.5, 0.6) is 0 Å². The van der Waals surface area contributed by atoms with Crippen LogP contribution < -0.4 is 4.90 Å². The Morgan fingerprint density at radius 3 is 1.53 bits per heavy atom. The van der Waals surface area contributed by atoms with Gasteiger partial charge in [0.1, 0.15) is 0 Å². The molecule has 0 bridgehead atoms. The molecule has 2 nitrogen and oxygen atoms in total. The zero-order valence-electron chi connectivity index (χ0n) is 37.3. The van der Waals surface area contributed by atoms with Gasteiger partial charge in [-0.1, -0.05) is 200 Å². The Balaban J connectivity index is 0.893. The molecule has 0 spiro atoms. The molecule has 12 aromatic carbocycles. The Morgan fingerprint density at radius 2 is 0.750 bits per heavy atom. The number of hydrogen-bond acceptors (Lipinski definition) is 1. The second-order valence-electron chi connectivity index (χ2n) is 17.7. The summed E-state index contributed by atoms with van der Waals surface area (Å²) in [7, 11) is 0. The van der Waals surface area contributed by atoms with Crippen LogP contribution in [0.3, 0.4) is 0 Å². The summed E-state index contributed by atoms with van der Waals surface area (Å²) in [6.45, 7) is 0. The van der Waals surface area contributed by atoms with E-state index in [9.17, 15) is 0 Å². The van der Waals surface area contributed by atoms with Gasteiger partial charge in [-0.3, -0.25) is 0 Å². The maximum absolute atomic E-state index is 2.39. The molecular formula is C66H44N2. The second kappa shape index (κ2) is 16.5. The van der Waals surface area contributed by atoms with E-state index in [0.29, 0.717) is 0 Å². The van der Waals surface area contributed by atoms with Gasteiger partial charge in [0.15, 0.2) is 0 Å². The van der Waals surface area contributed by atoms with E-state index in [0.717, 1.165) is 28.3 Å². The van der Waals surface area contributed by atoms with Gasteiger partial charge < -0.3 is 9.47 Å². The highest BCUT2D eigenvalue weighted by atomic mass is 15.1. The average molecular weight is 865 g/mol. The Kier molecular flexibility index (Phi) is 9.54. The molecular weight excluding hydrogens is 821 g/mol. The van der Waals surface area contributed by atoms with Crippen molar-refractivity contribution in [2.45, 2.75) is 0 Å². The van der Waals surface area contributed by atoms with Gasteiger partial charge in [-0.15, -0.1) is 0 Å². The van der Waals surface area contributed by atoms with Crippen LogP contribution >= 0.6 is 0 Å². The van der Waals surface area contributed by atoms with E-state index >= 15 is 0 Å². The van der Waals surface area contributed by atoms with Crippen LogP contribution in [0.1, 0.15) is 0 Å². The number of anilines is 3. The van der Waals surface area contributed by atoms with Gasteiger partial charge in [-0.25, -0.2) is 0 Å². The number of hydrogen-bond donors (Lipinski definition) is 0. The van der Waals surface area contributed by atoms with Crippen molar-refractivity contribution in [3.8, 4) is 50.2 Å². The lowest BCUT2D eigenvalue weighted by atomic mass is 9.94. The molecule has 0 saturated heterocycles. The standard InChI is InChI=1S/C66H44N2/c1-2-16-55(17-3-1)68-65-23-9-8-20-63(65)64-41-35-54(44-66(64)68)52-15-10-18-58(43-52)67(57-38-32-50(33-39-57)60-21-11-22-61-59-19-7-6-13-49(59)34-40-62(60)61)56-36-30-47(31-37-56)46-24-26-48(27-25-46)53-29-28-45-12-4-5-14-51(45)42-53/h1-44H. The van der Waals surface area contributed by atoms with E-state index in [2.05, 4.69) is 276 Å². The van der Waals surface area contributed by atoms with E-state index in [4.69, 9.17) is 0 Å². The summed E-state index contributed by atoms with van der Waals surface area (Å²) in [6.07, 6.45) is 0. The molecule has 0 aliphatic carbocycles. The molecule has 0 fully saturated rings. The van der Waals surface area contributed by atoms with Crippen molar-refractivity contribution in [2.75, 3.05) is 4.90 Å². The van der Waals surface area contributed by atoms with Crippen LogP contribution in [0, 0.1) is 0 Å². The lowest BCUT2D eigenvalue weighted by Gasteiger charge is -2.26. The maximum Gasteiger partial charge on any atom is 0.0547 e. The number of aromatic nitrogens is 1. The largest absolute Gasteiger partial charge is 0.310 e. The summed E-state index contributed by atoms with van der Waals surface area (Å²) in [5, 5.41) is 10.1. The van der Waals surface area contributed by atoms with Crippen LogP contribution in [0.4, 0.5) is 17.1 Å². The smallest absolute Gasteiger partial charge is 0.0547 e. The van der Waals surface area contributed by atoms with Crippen LogP contribution in [-0.2, 0) is 0 Å². The lowest BCUT2D eigenvalue weighted by Crippen LogP contribution is -2.10. The third kappa shape index (κ3) is 6.90. The number of nitrogens with zero attached hydrogens (tertiary/aromatic N) is 2. The zero-order valence-corrected chi connectivity index (χ0v) is 37.3. The minimum Gasteiger partial charge on any atom is -0.310 e. The van der Waals surface area contributed by atoms with E-state index in [1.165, 1.54) is 93.1 Å². The summed E-state index contributed by atoms with van der Waals surface area (Å²) >= 11 is 0. The molecule has 0 radical (unpaired) electrons. The van der Waals surface area contributed by atoms with E-state index in [-0.39, 0.29) is 0 Å². The van der Waals surface area contributed by atoms with Crippen molar-refractivity contribution in [1.82, 2.24) is 4.57 Å². The van der Waals surface area contributed by atoms with E-state index in [1.807, 2.05) is 0 Å². The molecule has 13 rings (SSSR count). The SMILES string of the molecule is c1ccc(-n2c3ccccc3c3ccc(-c4cccc(N(c5ccc(-c6ccc(-c7ccc8ccccc8c7)cc6)cc5)c5ccc(-c6cccc7c6ccc6ccccc67)cc5)c4)cc32)cc1. The molecule has 1 aromatic heterocycles. The summed E-state index contributed by atoms with van der Waals surface area (Å²) in [4.78, 5) is 2.38. The molecule has 68 heavy (non-hydrogen) atoms. The molecule has 13 aromatic rings. The number of para-hydroxylation sites is 2. The number of benzene rings is 12. The van der Waals surface area contributed by atoms with Crippen LogP contribution in [0.25, 0.3) is 104 Å². The molecule has 0 saturated carbocycles. The first-order valence-corrected chi connectivity index (χ1v) is 23.4. The summed E-state index contributed by atoms with van der Waals surface area (Å²) in [6, 6.07) is 97.5. The van der Waals surface area contributed by atoms with Crippen molar-refractivity contribution in [2.24, 2.45) is 0 Å². The fourth-order valence-corrected chi connectivity index (χ4v) is 10.4. The molecule has 0 atom stereocenters. The first-order valence-electron chi connectivity index (χ1n) is 23.4. The van der Waals surface area contributed by atoms with Gasteiger partial charge in [0.05, 0.1) is 11.0 Å². The minimum absolute atomic E-state index is 1.09. The molecule has 1 heterocycles. The van der Waals surface area contributed by atoms with Gasteiger partial charge in [0, 0.05) is 33.5 Å². The highest BCUT2D eigenvalue weighted by molar-refractivity contribution is 6.12. The minimum atomic E-state index is 1.09. The quantitative estimate of drug-likeness (QED) is 0.138. The van der Waals surface area contributed by atoms with E-state index < -0.39 is 0 Å². The van der Waals surface area contributed by atoms with Crippen LogP contribution in [0.15, 0.2) is 267 Å². The normalized spacial score (nSPS) is 11.5. The van der Waals surface area contributed by atoms with Crippen LogP contribution in [-0.4, -0.2) is 4.57 Å². The Labute approximate surface area is 395 Å². The first-order chi connectivity index (χ1) is 33.7. The van der Waals surface area contributed by atoms with Crippen LogP contribution in [0.2, 0.25) is 0 Å². The van der Waals surface area contributed by atoms with Gasteiger partial charge in [0.25, 0.3) is 0 Å². The lowest BCUT2D eigenvalue weighted by molar-refractivity contribution is 1.18. The molecule has 0 N–H and O–H groups in total. The molecule has 0 aliphatic rings. The Hall–Kier alpha value is -8.98. The van der Waals surface area contributed by atoms with Gasteiger partial charge in [-0.05, 0) is 144 Å². The number of rotatable bonds is 8. The summed E-state index contributed by atoms with van der Waals surface area (Å²) in [5.74, 6) is 0. The second-order valence-corrected chi connectivity index (χ2v) is 17.7. The van der Waals surface area contributed by atoms with Crippen molar-refractivity contribution in [3.63, 3.8) is 0 Å². The van der Waals surface area contributed by atoms with Crippen molar-refractivity contribution in [3.05, 3.63) is 267 Å². The van der Waals surface area contributed by atoms with Crippen molar-refractivity contribution in [1.29, 1.82) is 0 Å². The maximum atomic E-state index is 2.39.